The van der Waals surface area contributed by atoms with Crippen LogP contribution in [-0.2, 0) is 20.0 Å². The van der Waals surface area contributed by atoms with E-state index < -0.39 is 20.0 Å². The summed E-state index contributed by atoms with van der Waals surface area (Å²) in [5.74, 6) is 8.17. The van der Waals surface area contributed by atoms with Gasteiger partial charge in [-0.2, -0.15) is 29.4 Å². The van der Waals surface area contributed by atoms with E-state index in [1.54, 1.807) is 17.0 Å². The predicted molar refractivity (Wildman–Crippen MR) is 575 cm³/mol. The van der Waals surface area contributed by atoms with Gasteiger partial charge in [0.2, 0.25) is 20.0 Å². The molecule has 9 atom stereocenters. The van der Waals surface area contributed by atoms with Crippen LogP contribution in [0.15, 0.2) is 122 Å². The Morgan fingerprint density at radius 1 is 0.363 bits per heavy atom. The number of benzene rings is 4. The van der Waals surface area contributed by atoms with Crippen LogP contribution in [0.3, 0.4) is 0 Å². The molecule has 10 aliphatic rings. The highest BCUT2D eigenvalue weighted by Gasteiger charge is 2.41. The number of carbonyl (C=O) groups is 4. The molecule has 0 aliphatic carbocycles. The summed E-state index contributed by atoms with van der Waals surface area (Å²) in [7, 11) is -7.20. The van der Waals surface area contributed by atoms with Crippen LogP contribution in [0, 0.1) is 71.1 Å². The summed E-state index contributed by atoms with van der Waals surface area (Å²) in [6, 6.07) is 33.2. The number of sulfonamides is 2. The van der Waals surface area contributed by atoms with Gasteiger partial charge < -0.3 is 49.0 Å². The summed E-state index contributed by atoms with van der Waals surface area (Å²) in [4.78, 5) is 96.5. The highest BCUT2D eigenvalue weighted by Crippen LogP contribution is 2.43. The molecule has 4 amide bonds. The number of aryl methyl sites for hydroxylation is 6. The van der Waals surface area contributed by atoms with Crippen LogP contribution in [0.25, 0.3) is 22.6 Å². The van der Waals surface area contributed by atoms with Crippen LogP contribution >= 0.6 is 23.2 Å². The Labute approximate surface area is 866 Å². The maximum absolute atomic E-state index is 14.0. The second kappa shape index (κ2) is 43.5. The van der Waals surface area contributed by atoms with Gasteiger partial charge in [0.25, 0.3) is 23.6 Å². The standard InChI is InChI=1S/C29H38ClN7O3S.C28H35ClFN7O3S.2C26H33N5O/c1-19-13-20(2)18-35(17-19)28-16-26(34-10-6-11-34)31-27-15-24(32-37(27)28)25-7-4-5-12-36(25)29(38)22-14-21(30)8-9-23(22)33-41(3,39)40;1-41(39,40)33-22-9-8-20(29)14-21(22)28(38)36-13-3-2-7-24(36)23-15-26-31-25(34-11-5-12-34)16-27(37(26)32-23)35-10-4-6-19(17-30)18-35;1-17-8-9-19(3)21(13-17)26(32)30-11-6-5-7-23(30)22-14-24-27-25(20(4)16-31(24)28-22)29-12-10-18(2)15-29;1-17-8-10-29(15-17)25-20(4)16-31-24(27-25)14-22(28-31)23-7-5-6-9-30(23)26(32)21-12-18(2)11-19(3)13-21/h8-9,14-16,19-20,25,33H,4-7,10-13,17-18H2,1-3H3;8-9,14-16,19,24,33H,2-7,10-13,17-18H2,1H3;8-9,13-14,16,18,23H,5-7,10-12,15H2,1-4H3;11-14,16-17,23H,5-10,15H2,1-4H3/t19-,20+,25-;19-,24-;18-,23-;17-,23-/m0000/s1. The molecular formula is C109H139Cl2FN24O8S2. The minimum absolute atomic E-state index is 0.00525. The number of alkyl halides is 1. The number of nitrogens with one attached hydrogen (secondary N) is 2. The molecule has 10 aliphatic heterocycles. The molecule has 32 nitrogen and oxygen atoms in total. The Morgan fingerprint density at radius 2 is 0.767 bits per heavy atom. The van der Waals surface area contributed by atoms with E-state index >= 15 is 0 Å². The van der Waals surface area contributed by atoms with Gasteiger partial charge in [-0.1, -0.05) is 85.8 Å². The van der Waals surface area contributed by atoms with Crippen molar-refractivity contribution in [3.63, 3.8) is 0 Å². The first-order chi connectivity index (χ1) is 70.0. The van der Waals surface area contributed by atoms with Crippen LogP contribution in [0.5, 0.6) is 0 Å². The molecule has 22 rings (SSSR count). The van der Waals surface area contributed by atoms with Crippen LogP contribution in [0.2, 0.25) is 10.0 Å². The summed E-state index contributed by atoms with van der Waals surface area (Å²) in [6.07, 6.45) is 25.3. The smallest absolute Gasteiger partial charge is 0.256 e. The fraction of sp³-hybridized carbons (Fsp3) is 0.523. The molecule has 0 radical (unpaired) electrons. The summed E-state index contributed by atoms with van der Waals surface area (Å²) < 4.78 is 74.2. The van der Waals surface area contributed by atoms with Crippen molar-refractivity contribution in [2.24, 2.45) is 29.6 Å². The van der Waals surface area contributed by atoms with Crippen LogP contribution in [0.4, 0.5) is 50.7 Å². The third kappa shape index (κ3) is 22.8. The van der Waals surface area contributed by atoms with E-state index in [1.807, 2.05) is 96.9 Å². The molecule has 8 aromatic heterocycles. The highest BCUT2D eigenvalue weighted by atomic mass is 35.5. The topological polar surface area (TPSA) is 314 Å². The van der Waals surface area contributed by atoms with Gasteiger partial charge in [0, 0.05) is 192 Å². The second-order valence-electron chi connectivity index (χ2n) is 43.0. The zero-order valence-corrected chi connectivity index (χ0v) is 89.4. The molecule has 10 saturated heterocycles. The number of piperidine rings is 6. The molecule has 0 bridgehead atoms. The Balaban J connectivity index is 0.000000124. The van der Waals surface area contributed by atoms with Gasteiger partial charge in [0.15, 0.2) is 22.6 Å². The van der Waals surface area contributed by atoms with E-state index in [9.17, 15) is 40.4 Å². The zero-order valence-electron chi connectivity index (χ0n) is 86.3. The molecule has 12 aromatic rings. The van der Waals surface area contributed by atoms with E-state index in [1.165, 1.54) is 49.9 Å². The molecule has 2 N–H and O–H groups in total. The number of aromatic nitrogens is 12. The van der Waals surface area contributed by atoms with E-state index in [0.717, 1.165) is 307 Å². The minimum atomic E-state index is -3.61. The van der Waals surface area contributed by atoms with Crippen molar-refractivity contribution in [1.82, 2.24) is 78.0 Å². The molecule has 0 spiro atoms. The van der Waals surface area contributed by atoms with Gasteiger partial charge in [-0.3, -0.25) is 33.0 Å². The summed E-state index contributed by atoms with van der Waals surface area (Å²) >= 11 is 12.5. The van der Waals surface area contributed by atoms with Gasteiger partial charge >= 0.3 is 0 Å². The normalized spacial score (nSPS) is 22.1. The number of anilines is 8. The first-order valence-corrected chi connectivity index (χ1v) is 57.1. The predicted octanol–water partition coefficient (Wildman–Crippen LogP) is 19.1. The second-order valence-corrected chi connectivity index (χ2v) is 47.4. The fourth-order valence-corrected chi connectivity index (χ4v) is 24.7. The molecule has 4 aromatic carbocycles. The molecule has 37 heteroatoms. The number of nitrogens with zero attached hydrogens (tertiary/aromatic N) is 22. The number of hydrogen-bond donors (Lipinski definition) is 2. The number of likely N-dealkylation sites (tertiary alicyclic amines) is 4. The molecule has 10 fully saturated rings. The molecule has 146 heavy (non-hydrogen) atoms. The SMILES string of the molecule is CS(=O)(=O)Nc1ccc(Cl)cc1C(=O)N1CCCC[C@H]1c1cc2nc(N3CCC3)cc(N3CCC[C@@H](CF)C3)n2n1.C[C@@H]1C[C@H](C)CN(c2cc(N3CCC3)nc3cc([C@@H]4CCCCN4C(=O)c4cc(Cl)ccc4NS(C)(=O)=O)nn23)C1.Cc1cc(C)cc(C(=O)N2CCCC[C@H]2c2cc3nc(N4CC[C@H](C)C4)c(C)cn3n2)c1.Cc1ccc(C)c(C(=O)N2CCCC[C@H]2c2cc3nc(N4CC[C@H](C)C4)c(C)cn3n2)c1. The summed E-state index contributed by atoms with van der Waals surface area (Å²) in [6.45, 7) is 35.4. The number of rotatable bonds is 19. The number of amides is 4. The quantitative estimate of drug-likeness (QED) is 0.0759. The van der Waals surface area contributed by atoms with Crippen molar-refractivity contribution in [2.75, 3.05) is 163 Å². The van der Waals surface area contributed by atoms with Crippen LogP contribution in [-0.4, -0.2) is 242 Å². The Kier molecular flexibility index (Phi) is 30.6. The van der Waals surface area contributed by atoms with Crippen molar-refractivity contribution < 1.29 is 40.4 Å². The maximum atomic E-state index is 14.0. The van der Waals surface area contributed by atoms with E-state index in [4.69, 9.17) is 63.5 Å². The molecule has 0 unspecified atom stereocenters. The lowest BCUT2D eigenvalue weighted by molar-refractivity contribution is 0.0598. The minimum Gasteiger partial charge on any atom is -0.356 e. The van der Waals surface area contributed by atoms with E-state index in [2.05, 4.69) is 129 Å². The third-order valence-electron chi connectivity index (χ3n) is 30.7. The highest BCUT2D eigenvalue weighted by molar-refractivity contribution is 7.92. The average Bonchev–Trinajstić information content (AvgIpc) is 1.61. The monoisotopic (exact) mass is 2070 g/mol. The average molecular weight is 2070 g/mol. The molecule has 776 valence electrons. The van der Waals surface area contributed by atoms with E-state index in [0.29, 0.717) is 65.4 Å². The Bertz CT molecular complexity index is 7100. The van der Waals surface area contributed by atoms with E-state index in [-0.39, 0.29) is 82.9 Å². The van der Waals surface area contributed by atoms with Gasteiger partial charge in [-0.15, -0.1) is 0 Å². The fourth-order valence-electron chi connectivity index (χ4n) is 23.2. The van der Waals surface area contributed by atoms with Crippen molar-refractivity contribution in [3.05, 3.63) is 210 Å². The lowest BCUT2D eigenvalue weighted by Gasteiger charge is -2.38. The Hall–Kier alpha value is -12.0. The Morgan fingerprint density at radius 3 is 1.18 bits per heavy atom. The van der Waals surface area contributed by atoms with Crippen molar-refractivity contribution in [1.29, 1.82) is 0 Å². The number of halogens is 3. The van der Waals surface area contributed by atoms with Gasteiger partial charge in [-0.05, 0) is 247 Å². The number of hydrogen-bond acceptors (Lipinski definition) is 22. The van der Waals surface area contributed by atoms with Crippen molar-refractivity contribution in [2.45, 2.75) is 215 Å². The van der Waals surface area contributed by atoms with Gasteiger partial charge in [0.05, 0.1) is 88.6 Å². The summed E-state index contributed by atoms with van der Waals surface area (Å²) in [5, 5.41) is 20.6. The largest absolute Gasteiger partial charge is 0.356 e. The van der Waals surface area contributed by atoms with Crippen LogP contribution in [0.1, 0.15) is 271 Å². The first kappa shape index (κ1) is 103. The molecule has 0 saturated carbocycles. The van der Waals surface area contributed by atoms with Gasteiger partial charge in [0.1, 0.15) is 34.9 Å². The first-order valence-electron chi connectivity index (χ1n) is 52.6. The lowest BCUT2D eigenvalue weighted by atomic mass is 9.92. The third-order valence-corrected chi connectivity index (χ3v) is 32.3. The zero-order chi connectivity index (χ0) is 102. The maximum Gasteiger partial charge on any atom is 0.256 e. The molecular weight excluding hydrogens is 1930 g/mol. The van der Waals surface area contributed by atoms with Crippen molar-refractivity contribution >= 4 is 136 Å². The number of carbonyl (C=O) groups excluding carboxylic acids is 4. The summed E-state index contributed by atoms with van der Waals surface area (Å²) in [5.41, 5.74) is 15.7. The van der Waals surface area contributed by atoms with Crippen molar-refractivity contribution in [3.8, 4) is 0 Å². The van der Waals surface area contributed by atoms with Crippen LogP contribution < -0.4 is 38.8 Å². The lowest BCUT2D eigenvalue weighted by Crippen LogP contribution is -2.41. The number of fused-ring (bicyclic) bond motifs is 4. The van der Waals surface area contributed by atoms with Gasteiger partial charge in [-0.25, -0.2) is 45.8 Å². The molecule has 18 heterocycles.